The van der Waals surface area contributed by atoms with E-state index in [0.29, 0.717) is 17.8 Å². The van der Waals surface area contributed by atoms with E-state index in [2.05, 4.69) is 10.2 Å². The van der Waals surface area contributed by atoms with Gasteiger partial charge in [0.15, 0.2) is 0 Å². The third kappa shape index (κ3) is 4.13. The zero-order chi connectivity index (χ0) is 13.9. The van der Waals surface area contributed by atoms with Gasteiger partial charge >= 0.3 is 6.18 Å². The summed E-state index contributed by atoms with van der Waals surface area (Å²) in [6.45, 7) is 5.45. The van der Waals surface area contributed by atoms with Gasteiger partial charge in [-0.3, -0.25) is 0 Å². The van der Waals surface area contributed by atoms with Crippen molar-refractivity contribution in [1.29, 1.82) is 0 Å². The van der Waals surface area contributed by atoms with Gasteiger partial charge in [-0.05, 0) is 56.6 Å². The predicted octanol–water partition coefficient (Wildman–Crippen LogP) is 3.52. The summed E-state index contributed by atoms with van der Waals surface area (Å²) >= 11 is 0. The summed E-state index contributed by atoms with van der Waals surface area (Å²) in [5, 5.41) is 3.08. The number of hydrogen-bond acceptors (Lipinski definition) is 2. The number of hydrogen-bond donors (Lipinski definition) is 1. The van der Waals surface area contributed by atoms with Gasteiger partial charge in [-0.15, -0.1) is 0 Å². The molecule has 1 aliphatic heterocycles. The van der Waals surface area contributed by atoms with Crippen molar-refractivity contribution in [1.82, 2.24) is 4.90 Å². The van der Waals surface area contributed by atoms with E-state index >= 15 is 0 Å². The summed E-state index contributed by atoms with van der Waals surface area (Å²) in [7, 11) is 0. The molecule has 19 heavy (non-hydrogen) atoms. The molecule has 1 fully saturated rings. The summed E-state index contributed by atoms with van der Waals surface area (Å²) < 4.78 is 38.0. The first-order chi connectivity index (χ1) is 8.95. The number of likely N-dealkylation sites (tertiary alicyclic amines) is 1. The van der Waals surface area contributed by atoms with E-state index in [1.54, 1.807) is 13.0 Å². The Bertz CT molecular complexity index is 423. The molecule has 5 heteroatoms. The van der Waals surface area contributed by atoms with Crippen LogP contribution in [0.5, 0.6) is 0 Å². The summed E-state index contributed by atoms with van der Waals surface area (Å²) in [5.41, 5.74) is 0.584. The Hall–Kier alpha value is -1.23. The SMILES string of the molecule is Cc1cc(NCCN2CCCC2)cc(C(F)(F)F)c1. The lowest BCUT2D eigenvalue weighted by molar-refractivity contribution is -0.137. The first-order valence-electron chi connectivity index (χ1n) is 6.60. The maximum atomic E-state index is 12.7. The molecule has 1 aromatic carbocycles. The standard InChI is InChI=1S/C14H19F3N2/c1-11-8-12(14(15,16)17)10-13(9-11)18-4-7-19-5-2-3-6-19/h8-10,18H,2-7H2,1H3. The molecular formula is C14H19F3N2. The lowest BCUT2D eigenvalue weighted by atomic mass is 10.1. The highest BCUT2D eigenvalue weighted by Gasteiger charge is 2.30. The first-order valence-corrected chi connectivity index (χ1v) is 6.60. The summed E-state index contributed by atoms with van der Waals surface area (Å²) in [6, 6.07) is 4.10. The van der Waals surface area contributed by atoms with Crippen molar-refractivity contribution in [2.75, 3.05) is 31.5 Å². The number of halogens is 3. The van der Waals surface area contributed by atoms with Crippen molar-refractivity contribution in [2.45, 2.75) is 25.9 Å². The smallest absolute Gasteiger partial charge is 0.384 e. The molecular weight excluding hydrogens is 253 g/mol. The van der Waals surface area contributed by atoms with Crippen molar-refractivity contribution in [3.8, 4) is 0 Å². The van der Waals surface area contributed by atoms with Crippen LogP contribution in [-0.4, -0.2) is 31.1 Å². The molecule has 2 nitrogen and oxygen atoms in total. The van der Waals surface area contributed by atoms with E-state index in [4.69, 9.17) is 0 Å². The highest BCUT2D eigenvalue weighted by molar-refractivity contribution is 5.49. The lowest BCUT2D eigenvalue weighted by Crippen LogP contribution is -2.26. The van der Waals surface area contributed by atoms with Crippen molar-refractivity contribution < 1.29 is 13.2 Å². The van der Waals surface area contributed by atoms with Crippen LogP contribution in [0.3, 0.4) is 0 Å². The van der Waals surface area contributed by atoms with E-state index in [0.717, 1.165) is 19.6 Å². The van der Waals surface area contributed by atoms with Crippen LogP contribution in [-0.2, 0) is 6.18 Å². The van der Waals surface area contributed by atoms with Crippen LogP contribution in [0.25, 0.3) is 0 Å². The van der Waals surface area contributed by atoms with Crippen molar-refractivity contribution >= 4 is 5.69 Å². The average molecular weight is 272 g/mol. The Morgan fingerprint density at radius 3 is 2.47 bits per heavy atom. The second-order valence-corrected chi connectivity index (χ2v) is 5.06. The topological polar surface area (TPSA) is 15.3 Å². The molecule has 0 radical (unpaired) electrons. The van der Waals surface area contributed by atoms with E-state index in [1.165, 1.54) is 25.0 Å². The van der Waals surface area contributed by atoms with Crippen LogP contribution in [0.2, 0.25) is 0 Å². The van der Waals surface area contributed by atoms with Crippen LogP contribution in [0, 0.1) is 6.92 Å². The molecule has 106 valence electrons. The van der Waals surface area contributed by atoms with Gasteiger partial charge in [0, 0.05) is 18.8 Å². The molecule has 0 atom stereocenters. The van der Waals surface area contributed by atoms with Crippen LogP contribution in [0.15, 0.2) is 18.2 Å². The van der Waals surface area contributed by atoms with Crippen molar-refractivity contribution in [2.24, 2.45) is 0 Å². The quantitative estimate of drug-likeness (QED) is 0.902. The average Bonchev–Trinajstić information content (AvgIpc) is 2.80. The largest absolute Gasteiger partial charge is 0.416 e. The van der Waals surface area contributed by atoms with Gasteiger partial charge < -0.3 is 10.2 Å². The number of aryl methyl sites for hydroxylation is 1. The number of benzene rings is 1. The van der Waals surface area contributed by atoms with Crippen LogP contribution in [0.1, 0.15) is 24.0 Å². The van der Waals surface area contributed by atoms with Gasteiger partial charge in [-0.1, -0.05) is 0 Å². The Morgan fingerprint density at radius 1 is 1.16 bits per heavy atom. The zero-order valence-electron chi connectivity index (χ0n) is 11.1. The third-order valence-electron chi connectivity index (χ3n) is 3.36. The fraction of sp³-hybridized carbons (Fsp3) is 0.571. The highest BCUT2D eigenvalue weighted by Crippen LogP contribution is 2.31. The molecule has 0 spiro atoms. The summed E-state index contributed by atoms with van der Waals surface area (Å²) in [5.74, 6) is 0. The molecule has 0 saturated carbocycles. The van der Waals surface area contributed by atoms with Crippen LogP contribution in [0.4, 0.5) is 18.9 Å². The molecule has 1 aromatic rings. The molecule has 1 N–H and O–H groups in total. The first kappa shape index (κ1) is 14.2. The van der Waals surface area contributed by atoms with Crippen LogP contribution < -0.4 is 5.32 Å². The minimum atomic E-state index is -4.28. The maximum Gasteiger partial charge on any atom is 0.416 e. The molecule has 1 saturated heterocycles. The Kier molecular flexibility index (Phi) is 4.34. The monoisotopic (exact) mass is 272 g/mol. The minimum Gasteiger partial charge on any atom is -0.384 e. The van der Waals surface area contributed by atoms with E-state index in [-0.39, 0.29) is 0 Å². The highest BCUT2D eigenvalue weighted by atomic mass is 19.4. The van der Waals surface area contributed by atoms with Gasteiger partial charge in [0.2, 0.25) is 0 Å². The molecule has 0 bridgehead atoms. The number of rotatable bonds is 4. The molecule has 2 rings (SSSR count). The summed E-state index contributed by atoms with van der Waals surface area (Å²) in [4.78, 5) is 2.33. The van der Waals surface area contributed by atoms with E-state index in [9.17, 15) is 13.2 Å². The molecule has 1 heterocycles. The molecule has 1 aliphatic rings. The second kappa shape index (κ2) is 5.82. The Balaban J connectivity index is 1.94. The Morgan fingerprint density at radius 2 is 1.84 bits per heavy atom. The van der Waals surface area contributed by atoms with Crippen molar-refractivity contribution in [3.05, 3.63) is 29.3 Å². The maximum absolute atomic E-state index is 12.7. The van der Waals surface area contributed by atoms with Gasteiger partial charge in [-0.25, -0.2) is 0 Å². The fourth-order valence-corrected chi connectivity index (χ4v) is 2.41. The number of anilines is 1. The zero-order valence-corrected chi connectivity index (χ0v) is 11.1. The third-order valence-corrected chi connectivity index (χ3v) is 3.36. The van der Waals surface area contributed by atoms with Gasteiger partial charge in [0.05, 0.1) is 5.56 Å². The molecule has 0 unspecified atom stereocenters. The minimum absolute atomic E-state index is 0.548. The number of nitrogens with one attached hydrogen (secondary N) is 1. The van der Waals surface area contributed by atoms with E-state index < -0.39 is 11.7 Å². The summed E-state index contributed by atoms with van der Waals surface area (Å²) in [6.07, 6.45) is -1.83. The normalized spacial score (nSPS) is 16.8. The van der Waals surface area contributed by atoms with Gasteiger partial charge in [0.1, 0.15) is 0 Å². The number of alkyl halides is 3. The van der Waals surface area contributed by atoms with Gasteiger partial charge in [-0.2, -0.15) is 13.2 Å². The molecule has 0 aromatic heterocycles. The van der Waals surface area contributed by atoms with E-state index in [1.807, 2.05) is 0 Å². The fourth-order valence-electron chi connectivity index (χ4n) is 2.41. The lowest BCUT2D eigenvalue weighted by Gasteiger charge is -2.16. The van der Waals surface area contributed by atoms with Crippen LogP contribution >= 0.6 is 0 Å². The molecule has 0 aliphatic carbocycles. The van der Waals surface area contributed by atoms with Gasteiger partial charge in [0.25, 0.3) is 0 Å². The second-order valence-electron chi connectivity index (χ2n) is 5.06. The molecule has 0 amide bonds. The van der Waals surface area contributed by atoms with Crippen molar-refractivity contribution in [3.63, 3.8) is 0 Å². The Labute approximate surface area is 111 Å². The predicted molar refractivity (Wildman–Crippen MR) is 70.3 cm³/mol. The number of nitrogens with zero attached hydrogens (tertiary/aromatic N) is 1.